The molecule has 2 rings (SSSR count). The van der Waals surface area contributed by atoms with Crippen LogP contribution in [0, 0.1) is 0 Å². The highest BCUT2D eigenvalue weighted by molar-refractivity contribution is 7.97. The van der Waals surface area contributed by atoms with Gasteiger partial charge in [-0.2, -0.15) is 24.9 Å². The van der Waals surface area contributed by atoms with Crippen molar-refractivity contribution in [2.24, 2.45) is 0 Å². The largest absolute Gasteiger partial charge is 0.416 e. The van der Waals surface area contributed by atoms with E-state index < -0.39 is 11.7 Å². The van der Waals surface area contributed by atoms with Crippen LogP contribution < -0.4 is 5.32 Å². The summed E-state index contributed by atoms with van der Waals surface area (Å²) >= 11 is 1.68. The van der Waals surface area contributed by atoms with Gasteiger partial charge in [0.25, 0.3) is 5.91 Å². The first-order chi connectivity index (χ1) is 10.4. The van der Waals surface area contributed by atoms with E-state index >= 15 is 0 Å². The zero-order chi connectivity index (χ0) is 16.2. The Balaban J connectivity index is 2.05. The van der Waals surface area contributed by atoms with Gasteiger partial charge in [-0.25, -0.2) is 0 Å². The minimum Gasteiger partial charge on any atom is -0.322 e. The van der Waals surface area contributed by atoms with E-state index in [1.54, 1.807) is 23.9 Å². The van der Waals surface area contributed by atoms with Crippen molar-refractivity contribution in [2.45, 2.75) is 11.9 Å². The number of nitrogens with one attached hydrogen (secondary N) is 1. The summed E-state index contributed by atoms with van der Waals surface area (Å²) in [6, 6.07) is 11.5. The molecular formula is C16H14F3NOS. The van der Waals surface area contributed by atoms with Crippen LogP contribution in [0.15, 0.2) is 48.5 Å². The molecule has 0 saturated heterocycles. The molecular weight excluding hydrogens is 311 g/mol. The van der Waals surface area contributed by atoms with E-state index in [1.807, 2.05) is 18.4 Å². The molecule has 2 nitrogen and oxygen atoms in total. The van der Waals surface area contributed by atoms with Crippen molar-refractivity contribution >= 4 is 23.4 Å². The Hall–Kier alpha value is -1.95. The van der Waals surface area contributed by atoms with Gasteiger partial charge in [0.05, 0.1) is 5.56 Å². The van der Waals surface area contributed by atoms with Crippen LogP contribution in [0.3, 0.4) is 0 Å². The number of thioether (sulfide) groups is 1. The molecule has 0 atom stereocenters. The average molecular weight is 325 g/mol. The standard InChI is InChI=1S/C16H14F3NOS/c1-22-10-11-2-4-12(5-3-11)15(21)20-14-8-6-13(7-9-14)16(17,18)19/h2-9H,10H2,1H3,(H,20,21). The van der Waals surface area contributed by atoms with E-state index in [0.29, 0.717) is 11.3 Å². The molecule has 0 fully saturated rings. The van der Waals surface area contributed by atoms with Gasteiger partial charge >= 0.3 is 6.18 Å². The molecule has 2 aromatic rings. The molecule has 0 bridgehead atoms. The number of carbonyl (C=O) groups is 1. The van der Waals surface area contributed by atoms with Crippen molar-refractivity contribution < 1.29 is 18.0 Å². The minimum atomic E-state index is -4.38. The number of hydrogen-bond donors (Lipinski definition) is 1. The van der Waals surface area contributed by atoms with Crippen LogP contribution in [-0.2, 0) is 11.9 Å². The van der Waals surface area contributed by atoms with Crippen molar-refractivity contribution in [1.29, 1.82) is 0 Å². The molecule has 116 valence electrons. The molecule has 0 spiro atoms. The number of anilines is 1. The predicted octanol–water partition coefficient (Wildman–Crippen LogP) is 4.82. The van der Waals surface area contributed by atoms with E-state index in [0.717, 1.165) is 23.4 Å². The lowest BCUT2D eigenvalue weighted by Gasteiger charge is -2.09. The van der Waals surface area contributed by atoms with E-state index in [4.69, 9.17) is 0 Å². The van der Waals surface area contributed by atoms with Gasteiger partial charge in [0.15, 0.2) is 0 Å². The molecule has 0 heterocycles. The number of benzene rings is 2. The normalized spacial score (nSPS) is 11.3. The summed E-state index contributed by atoms with van der Waals surface area (Å²) in [5.74, 6) is 0.510. The van der Waals surface area contributed by atoms with Gasteiger partial charge in [0.1, 0.15) is 0 Å². The summed E-state index contributed by atoms with van der Waals surface area (Å²) in [5, 5.41) is 2.58. The molecule has 1 amide bonds. The summed E-state index contributed by atoms with van der Waals surface area (Å²) in [6.07, 6.45) is -2.39. The van der Waals surface area contributed by atoms with E-state index in [-0.39, 0.29) is 5.91 Å². The fourth-order valence-corrected chi connectivity index (χ4v) is 2.39. The molecule has 22 heavy (non-hydrogen) atoms. The molecule has 0 aromatic heterocycles. The van der Waals surface area contributed by atoms with Crippen molar-refractivity contribution in [1.82, 2.24) is 0 Å². The molecule has 0 saturated carbocycles. The van der Waals surface area contributed by atoms with E-state index in [9.17, 15) is 18.0 Å². The SMILES string of the molecule is CSCc1ccc(C(=O)Nc2ccc(C(F)(F)F)cc2)cc1. The molecule has 0 aliphatic rings. The van der Waals surface area contributed by atoms with Crippen molar-refractivity contribution in [3.8, 4) is 0 Å². The van der Waals surface area contributed by atoms with Crippen LogP contribution in [0.5, 0.6) is 0 Å². The molecule has 2 aromatic carbocycles. The van der Waals surface area contributed by atoms with Gasteiger partial charge in [0.2, 0.25) is 0 Å². The summed E-state index contributed by atoms with van der Waals surface area (Å²) in [5.41, 5.74) is 1.15. The van der Waals surface area contributed by atoms with Gasteiger partial charge in [-0.05, 0) is 48.2 Å². The smallest absolute Gasteiger partial charge is 0.322 e. The molecule has 0 unspecified atom stereocenters. The van der Waals surface area contributed by atoms with E-state index in [1.165, 1.54) is 12.1 Å². The van der Waals surface area contributed by atoms with Crippen LogP contribution in [0.1, 0.15) is 21.5 Å². The van der Waals surface area contributed by atoms with Crippen LogP contribution >= 0.6 is 11.8 Å². The van der Waals surface area contributed by atoms with Gasteiger partial charge in [-0.3, -0.25) is 4.79 Å². The zero-order valence-corrected chi connectivity index (χ0v) is 12.6. The Morgan fingerprint density at radius 2 is 1.64 bits per heavy atom. The van der Waals surface area contributed by atoms with Crippen LogP contribution in [0.25, 0.3) is 0 Å². The zero-order valence-electron chi connectivity index (χ0n) is 11.8. The lowest BCUT2D eigenvalue weighted by Crippen LogP contribution is -2.12. The third-order valence-corrected chi connectivity index (χ3v) is 3.62. The van der Waals surface area contributed by atoms with Gasteiger partial charge in [-0.15, -0.1) is 0 Å². The number of hydrogen-bond acceptors (Lipinski definition) is 2. The molecule has 0 aliphatic carbocycles. The highest BCUT2D eigenvalue weighted by Gasteiger charge is 2.29. The highest BCUT2D eigenvalue weighted by Crippen LogP contribution is 2.29. The maximum atomic E-state index is 12.5. The summed E-state index contributed by atoms with van der Waals surface area (Å²) in [7, 11) is 0. The fourth-order valence-electron chi connectivity index (χ4n) is 1.86. The Kier molecular flexibility index (Phi) is 5.13. The molecule has 0 radical (unpaired) electrons. The van der Waals surface area contributed by atoms with Crippen LogP contribution in [0.2, 0.25) is 0 Å². The topological polar surface area (TPSA) is 29.1 Å². The maximum absolute atomic E-state index is 12.5. The van der Waals surface area contributed by atoms with Crippen molar-refractivity contribution in [2.75, 3.05) is 11.6 Å². The first-order valence-electron chi connectivity index (χ1n) is 6.46. The van der Waals surface area contributed by atoms with Gasteiger partial charge < -0.3 is 5.32 Å². The van der Waals surface area contributed by atoms with E-state index in [2.05, 4.69) is 5.32 Å². The Morgan fingerprint density at radius 1 is 1.05 bits per heavy atom. The van der Waals surface area contributed by atoms with Crippen molar-refractivity contribution in [3.05, 3.63) is 65.2 Å². The second-order valence-electron chi connectivity index (χ2n) is 4.66. The van der Waals surface area contributed by atoms with Gasteiger partial charge in [-0.1, -0.05) is 12.1 Å². The fraction of sp³-hybridized carbons (Fsp3) is 0.188. The number of rotatable bonds is 4. The van der Waals surface area contributed by atoms with Crippen molar-refractivity contribution in [3.63, 3.8) is 0 Å². The third-order valence-electron chi connectivity index (χ3n) is 3.00. The number of carbonyl (C=O) groups excluding carboxylic acids is 1. The van der Waals surface area contributed by atoms with Crippen LogP contribution in [0.4, 0.5) is 18.9 Å². The van der Waals surface area contributed by atoms with Gasteiger partial charge in [0, 0.05) is 17.0 Å². The average Bonchev–Trinajstić information content (AvgIpc) is 2.48. The second-order valence-corrected chi connectivity index (χ2v) is 5.53. The first kappa shape index (κ1) is 16.4. The molecule has 6 heteroatoms. The summed E-state index contributed by atoms with van der Waals surface area (Å²) in [6.45, 7) is 0. The molecule has 0 aliphatic heterocycles. The number of amides is 1. The lowest BCUT2D eigenvalue weighted by molar-refractivity contribution is -0.137. The summed E-state index contributed by atoms with van der Waals surface area (Å²) < 4.78 is 37.4. The predicted molar refractivity (Wildman–Crippen MR) is 83.1 cm³/mol. The lowest BCUT2D eigenvalue weighted by atomic mass is 10.1. The number of halogens is 3. The Labute approximate surface area is 130 Å². The van der Waals surface area contributed by atoms with Crippen LogP contribution in [-0.4, -0.2) is 12.2 Å². The first-order valence-corrected chi connectivity index (χ1v) is 7.86. The maximum Gasteiger partial charge on any atom is 0.416 e. The summed E-state index contributed by atoms with van der Waals surface area (Å²) in [4.78, 5) is 12.0. The monoisotopic (exact) mass is 325 g/mol. The third kappa shape index (κ3) is 4.27. The number of alkyl halides is 3. The Morgan fingerprint density at radius 3 is 2.14 bits per heavy atom. The minimum absolute atomic E-state index is 0.325. The Bertz CT molecular complexity index is 636. The highest BCUT2D eigenvalue weighted by atomic mass is 32.2. The quantitative estimate of drug-likeness (QED) is 0.873. The second kappa shape index (κ2) is 6.87. The molecule has 1 N–H and O–H groups in total.